The molecule has 1 aromatic carbocycles. The third-order valence-corrected chi connectivity index (χ3v) is 4.81. The van der Waals surface area contributed by atoms with Crippen LogP contribution in [-0.2, 0) is 11.2 Å². The molecule has 22 heavy (non-hydrogen) atoms. The van der Waals surface area contributed by atoms with Crippen LogP contribution in [0.4, 0.5) is 0 Å². The molecular formula is C18H27N3O. The highest BCUT2D eigenvalue weighted by molar-refractivity contribution is 5.82. The van der Waals surface area contributed by atoms with Crippen molar-refractivity contribution in [2.24, 2.45) is 11.7 Å². The third kappa shape index (κ3) is 4.31. The Bertz CT molecular complexity index is 478. The molecule has 1 amide bonds. The van der Waals surface area contributed by atoms with Gasteiger partial charge in [0, 0.05) is 19.1 Å². The molecule has 0 spiro atoms. The fourth-order valence-corrected chi connectivity index (χ4v) is 3.15. The van der Waals surface area contributed by atoms with Crippen LogP contribution in [0.1, 0.15) is 31.2 Å². The highest BCUT2D eigenvalue weighted by Crippen LogP contribution is 2.28. The minimum absolute atomic E-state index is 0.101. The van der Waals surface area contributed by atoms with Crippen LogP contribution < -0.4 is 11.1 Å². The van der Waals surface area contributed by atoms with Gasteiger partial charge in [-0.1, -0.05) is 30.3 Å². The standard InChI is InChI=1S/C18H27N3O/c19-17(12-14-4-2-1-3-5-14)18(22)21-10-8-16(9-11-21)20-13-15-6-7-15/h1-5,15-17,20H,6-13,19H2/t17-/m0/s1. The lowest BCUT2D eigenvalue weighted by atomic mass is 10.0. The minimum Gasteiger partial charge on any atom is -0.341 e. The van der Waals surface area contributed by atoms with E-state index in [2.05, 4.69) is 5.32 Å². The van der Waals surface area contributed by atoms with Crippen LogP contribution in [0.3, 0.4) is 0 Å². The van der Waals surface area contributed by atoms with Gasteiger partial charge in [-0.05, 0) is 50.1 Å². The van der Waals surface area contributed by atoms with Gasteiger partial charge in [0.2, 0.25) is 5.91 Å². The maximum absolute atomic E-state index is 12.5. The Kier molecular flexibility index (Phi) is 5.11. The molecule has 0 bridgehead atoms. The fraction of sp³-hybridized carbons (Fsp3) is 0.611. The van der Waals surface area contributed by atoms with Crippen LogP contribution in [0, 0.1) is 5.92 Å². The number of nitrogens with one attached hydrogen (secondary N) is 1. The highest BCUT2D eigenvalue weighted by atomic mass is 16.2. The van der Waals surface area contributed by atoms with Gasteiger partial charge < -0.3 is 16.0 Å². The molecule has 1 aliphatic carbocycles. The number of hydrogen-bond donors (Lipinski definition) is 2. The quantitative estimate of drug-likeness (QED) is 0.838. The highest BCUT2D eigenvalue weighted by Gasteiger charge is 2.27. The van der Waals surface area contributed by atoms with Crippen molar-refractivity contribution < 1.29 is 4.79 Å². The second-order valence-electron chi connectivity index (χ2n) is 6.75. The summed E-state index contributed by atoms with van der Waals surface area (Å²) in [7, 11) is 0. The predicted octanol–water partition coefficient (Wildman–Crippen LogP) is 1.55. The van der Waals surface area contributed by atoms with Crippen molar-refractivity contribution in [3.05, 3.63) is 35.9 Å². The van der Waals surface area contributed by atoms with Gasteiger partial charge in [-0.2, -0.15) is 0 Å². The van der Waals surface area contributed by atoms with Gasteiger partial charge >= 0.3 is 0 Å². The summed E-state index contributed by atoms with van der Waals surface area (Å²) >= 11 is 0. The molecule has 1 saturated carbocycles. The first kappa shape index (κ1) is 15.5. The summed E-state index contributed by atoms with van der Waals surface area (Å²) in [5, 5.41) is 3.64. The van der Waals surface area contributed by atoms with E-state index in [9.17, 15) is 4.79 Å². The number of likely N-dealkylation sites (tertiary alicyclic amines) is 1. The number of amides is 1. The van der Waals surface area contributed by atoms with Gasteiger partial charge in [0.25, 0.3) is 0 Å². The number of carbonyl (C=O) groups is 1. The fourth-order valence-electron chi connectivity index (χ4n) is 3.15. The van der Waals surface area contributed by atoms with Crippen molar-refractivity contribution in [1.29, 1.82) is 0 Å². The molecule has 3 rings (SSSR count). The number of piperidine rings is 1. The number of rotatable bonds is 6. The number of hydrogen-bond acceptors (Lipinski definition) is 3. The Balaban J connectivity index is 1.42. The van der Waals surface area contributed by atoms with Crippen molar-refractivity contribution in [2.45, 2.75) is 44.2 Å². The van der Waals surface area contributed by atoms with Crippen LogP contribution >= 0.6 is 0 Å². The van der Waals surface area contributed by atoms with E-state index >= 15 is 0 Å². The lowest BCUT2D eigenvalue weighted by Gasteiger charge is -2.34. The molecule has 1 saturated heterocycles. The molecule has 120 valence electrons. The maximum atomic E-state index is 12.5. The number of carbonyl (C=O) groups excluding carboxylic acids is 1. The molecule has 1 atom stereocenters. The Labute approximate surface area is 133 Å². The molecule has 3 N–H and O–H groups in total. The van der Waals surface area contributed by atoms with E-state index in [1.165, 1.54) is 12.8 Å². The molecule has 2 fully saturated rings. The van der Waals surface area contributed by atoms with Crippen LogP contribution in [-0.4, -0.2) is 42.5 Å². The summed E-state index contributed by atoms with van der Waals surface area (Å²) in [4.78, 5) is 14.4. The van der Waals surface area contributed by atoms with Gasteiger partial charge in [0.05, 0.1) is 6.04 Å². The summed E-state index contributed by atoms with van der Waals surface area (Å²) in [5.74, 6) is 1.02. The van der Waals surface area contributed by atoms with Crippen LogP contribution in [0.5, 0.6) is 0 Å². The summed E-state index contributed by atoms with van der Waals surface area (Å²) in [6, 6.07) is 10.2. The zero-order valence-corrected chi connectivity index (χ0v) is 13.2. The van der Waals surface area contributed by atoms with E-state index in [1.807, 2.05) is 35.2 Å². The number of nitrogens with zero attached hydrogens (tertiary/aromatic N) is 1. The van der Waals surface area contributed by atoms with Crippen molar-refractivity contribution in [3.63, 3.8) is 0 Å². The van der Waals surface area contributed by atoms with E-state index < -0.39 is 6.04 Å². The summed E-state index contributed by atoms with van der Waals surface area (Å²) in [5.41, 5.74) is 7.24. The van der Waals surface area contributed by atoms with Crippen LogP contribution in [0.15, 0.2) is 30.3 Å². The average Bonchev–Trinajstić information content (AvgIpc) is 3.38. The van der Waals surface area contributed by atoms with E-state index in [0.717, 1.165) is 44.0 Å². The molecule has 4 nitrogen and oxygen atoms in total. The lowest BCUT2D eigenvalue weighted by molar-refractivity contribution is -0.133. The first-order valence-corrected chi connectivity index (χ1v) is 8.54. The monoisotopic (exact) mass is 301 g/mol. The Morgan fingerprint density at radius 3 is 2.50 bits per heavy atom. The maximum Gasteiger partial charge on any atom is 0.239 e. The lowest BCUT2D eigenvalue weighted by Crippen LogP contribution is -2.51. The van der Waals surface area contributed by atoms with Crippen molar-refractivity contribution in [1.82, 2.24) is 10.2 Å². The van der Waals surface area contributed by atoms with Gasteiger partial charge in [-0.3, -0.25) is 4.79 Å². The molecule has 0 aromatic heterocycles. The Morgan fingerprint density at radius 1 is 1.18 bits per heavy atom. The zero-order valence-electron chi connectivity index (χ0n) is 13.2. The predicted molar refractivity (Wildman–Crippen MR) is 88.5 cm³/mol. The van der Waals surface area contributed by atoms with E-state index in [4.69, 9.17) is 5.73 Å². The van der Waals surface area contributed by atoms with Crippen molar-refractivity contribution >= 4 is 5.91 Å². The van der Waals surface area contributed by atoms with Gasteiger partial charge in [-0.15, -0.1) is 0 Å². The molecule has 2 aliphatic rings. The van der Waals surface area contributed by atoms with Crippen LogP contribution in [0.2, 0.25) is 0 Å². The molecular weight excluding hydrogens is 274 g/mol. The average molecular weight is 301 g/mol. The Morgan fingerprint density at radius 2 is 1.86 bits per heavy atom. The first-order valence-electron chi connectivity index (χ1n) is 8.54. The SMILES string of the molecule is N[C@@H](Cc1ccccc1)C(=O)N1CCC(NCC2CC2)CC1. The van der Waals surface area contributed by atoms with E-state index in [1.54, 1.807) is 0 Å². The smallest absolute Gasteiger partial charge is 0.239 e. The molecule has 1 aromatic rings. The van der Waals surface area contributed by atoms with E-state index in [0.29, 0.717) is 12.5 Å². The summed E-state index contributed by atoms with van der Waals surface area (Å²) in [6.07, 6.45) is 5.50. The molecule has 1 aliphatic heterocycles. The number of nitrogens with two attached hydrogens (primary N) is 1. The third-order valence-electron chi connectivity index (χ3n) is 4.81. The molecule has 4 heteroatoms. The Hall–Kier alpha value is -1.39. The molecule has 0 unspecified atom stereocenters. The number of benzene rings is 1. The second kappa shape index (κ2) is 7.25. The molecule has 1 heterocycles. The minimum atomic E-state index is -0.418. The normalized spacial score (nSPS) is 20.9. The van der Waals surface area contributed by atoms with Crippen LogP contribution in [0.25, 0.3) is 0 Å². The van der Waals surface area contributed by atoms with Gasteiger partial charge in [0.1, 0.15) is 0 Å². The topological polar surface area (TPSA) is 58.4 Å². The molecule has 0 radical (unpaired) electrons. The first-order chi connectivity index (χ1) is 10.7. The zero-order chi connectivity index (χ0) is 15.4. The summed E-state index contributed by atoms with van der Waals surface area (Å²) < 4.78 is 0. The second-order valence-corrected chi connectivity index (χ2v) is 6.75. The van der Waals surface area contributed by atoms with Crippen molar-refractivity contribution in [3.8, 4) is 0 Å². The van der Waals surface area contributed by atoms with E-state index in [-0.39, 0.29) is 5.91 Å². The largest absolute Gasteiger partial charge is 0.341 e. The van der Waals surface area contributed by atoms with Gasteiger partial charge in [-0.25, -0.2) is 0 Å². The van der Waals surface area contributed by atoms with Gasteiger partial charge in [0.15, 0.2) is 0 Å². The summed E-state index contributed by atoms with van der Waals surface area (Å²) in [6.45, 7) is 2.83. The van der Waals surface area contributed by atoms with Crippen molar-refractivity contribution in [2.75, 3.05) is 19.6 Å².